The van der Waals surface area contributed by atoms with Crippen molar-refractivity contribution in [3.8, 4) is 0 Å². The number of amides is 1. The van der Waals surface area contributed by atoms with Gasteiger partial charge in [-0.25, -0.2) is 0 Å². The average Bonchev–Trinajstić information content (AvgIpc) is 3.11. The third kappa shape index (κ3) is 3.72. The summed E-state index contributed by atoms with van der Waals surface area (Å²) in [6.07, 6.45) is -3.08. The second kappa shape index (κ2) is 5.15. The summed E-state index contributed by atoms with van der Waals surface area (Å²) in [7, 11) is 0. The van der Waals surface area contributed by atoms with Gasteiger partial charge in [-0.3, -0.25) is 4.79 Å². The molecule has 1 fully saturated rings. The molecule has 6 heteroatoms. The number of rotatable bonds is 3. The standard InChI is InChI=1S/C13H13BrF3NO/c1-8-2-5-11(14)10(6-8)12(19)18(9-3-4-9)7-13(15,16)17/h2,5-6,9H,3-4,7H2,1H3. The monoisotopic (exact) mass is 335 g/mol. The van der Waals surface area contributed by atoms with E-state index in [4.69, 9.17) is 0 Å². The summed E-state index contributed by atoms with van der Waals surface area (Å²) in [6.45, 7) is 0.616. The minimum atomic E-state index is -4.37. The van der Waals surface area contributed by atoms with Gasteiger partial charge in [0.2, 0.25) is 0 Å². The number of benzene rings is 1. The lowest BCUT2D eigenvalue weighted by Gasteiger charge is -2.24. The predicted octanol–water partition coefficient (Wildman–Crippen LogP) is 3.92. The van der Waals surface area contributed by atoms with E-state index in [0.29, 0.717) is 17.3 Å². The molecule has 104 valence electrons. The van der Waals surface area contributed by atoms with Crippen molar-refractivity contribution in [2.75, 3.05) is 6.54 Å². The van der Waals surface area contributed by atoms with Crippen LogP contribution in [0.1, 0.15) is 28.8 Å². The lowest BCUT2D eigenvalue weighted by molar-refractivity contribution is -0.141. The molecule has 1 aliphatic rings. The zero-order valence-corrected chi connectivity index (χ0v) is 11.9. The summed E-state index contributed by atoms with van der Waals surface area (Å²) in [6, 6.07) is 4.81. The highest BCUT2D eigenvalue weighted by Gasteiger charge is 2.41. The largest absolute Gasteiger partial charge is 0.406 e. The van der Waals surface area contributed by atoms with Crippen LogP contribution < -0.4 is 0 Å². The Balaban J connectivity index is 2.26. The fourth-order valence-electron chi connectivity index (χ4n) is 1.90. The van der Waals surface area contributed by atoms with E-state index in [-0.39, 0.29) is 11.6 Å². The van der Waals surface area contributed by atoms with Crippen molar-refractivity contribution in [1.29, 1.82) is 0 Å². The Bertz CT molecular complexity index is 497. The van der Waals surface area contributed by atoms with Crippen molar-refractivity contribution in [2.24, 2.45) is 0 Å². The van der Waals surface area contributed by atoms with E-state index in [0.717, 1.165) is 10.5 Å². The van der Waals surface area contributed by atoms with Gasteiger partial charge in [-0.2, -0.15) is 13.2 Å². The molecule has 19 heavy (non-hydrogen) atoms. The van der Waals surface area contributed by atoms with Crippen LogP contribution in [0.15, 0.2) is 22.7 Å². The van der Waals surface area contributed by atoms with Crippen molar-refractivity contribution >= 4 is 21.8 Å². The molecule has 0 spiro atoms. The van der Waals surface area contributed by atoms with Crippen molar-refractivity contribution in [1.82, 2.24) is 4.90 Å². The molecule has 0 aromatic heterocycles. The molecule has 1 amide bonds. The smallest absolute Gasteiger partial charge is 0.327 e. The first-order chi connectivity index (χ1) is 8.78. The summed E-state index contributed by atoms with van der Waals surface area (Å²) in [5, 5.41) is 0. The highest BCUT2D eigenvalue weighted by atomic mass is 79.9. The van der Waals surface area contributed by atoms with Gasteiger partial charge in [0.05, 0.1) is 5.56 Å². The normalized spacial score (nSPS) is 15.4. The van der Waals surface area contributed by atoms with E-state index in [2.05, 4.69) is 15.9 Å². The van der Waals surface area contributed by atoms with Gasteiger partial charge in [0, 0.05) is 10.5 Å². The molecule has 2 rings (SSSR count). The molecule has 0 atom stereocenters. The highest BCUT2D eigenvalue weighted by molar-refractivity contribution is 9.10. The number of hydrogen-bond acceptors (Lipinski definition) is 1. The van der Waals surface area contributed by atoms with Crippen LogP contribution in [-0.4, -0.2) is 29.6 Å². The van der Waals surface area contributed by atoms with Crippen LogP contribution in [0.4, 0.5) is 13.2 Å². The maximum absolute atomic E-state index is 12.5. The number of hydrogen-bond donors (Lipinski definition) is 0. The molecule has 0 heterocycles. The number of carbonyl (C=O) groups is 1. The quantitative estimate of drug-likeness (QED) is 0.819. The third-order valence-corrected chi connectivity index (χ3v) is 3.64. The summed E-state index contributed by atoms with van der Waals surface area (Å²) >= 11 is 3.22. The Hall–Kier alpha value is -1.04. The van der Waals surface area contributed by atoms with E-state index in [1.807, 2.05) is 0 Å². The number of halogens is 4. The Morgan fingerprint density at radius 1 is 1.42 bits per heavy atom. The number of carbonyl (C=O) groups excluding carboxylic acids is 1. The Morgan fingerprint density at radius 2 is 2.05 bits per heavy atom. The number of alkyl halides is 3. The van der Waals surface area contributed by atoms with Crippen LogP contribution >= 0.6 is 15.9 Å². The molecule has 0 unspecified atom stereocenters. The Kier molecular flexibility index (Phi) is 3.90. The van der Waals surface area contributed by atoms with Gasteiger partial charge in [0.25, 0.3) is 5.91 Å². The molecule has 1 saturated carbocycles. The summed E-state index contributed by atoms with van der Waals surface area (Å²) in [5.74, 6) is -0.560. The first-order valence-electron chi connectivity index (χ1n) is 5.92. The topological polar surface area (TPSA) is 20.3 Å². The van der Waals surface area contributed by atoms with Crippen LogP contribution in [0.3, 0.4) is 0 Å². The molecule has 1 aromatic carbocycles. The Morgan fingerprint density at radius 3 is 2.58 bits per heavy atom. The molecule has 2 nitrogen and oxygen atoms in total. The summed E-state index contributed by atoms with van der Waals surface area (Å²) in [5.41, 5.74) is 1.13. The van der Waals surface area contributed by atoms with Crippen molar-refractivity contribution < 1.29 is 18.0 Å². The maximum atomic E-state index is 12.5. The van der Waals surface area contributed by atoms with Crippen LogP contribution in [0.2, 0.25) is 0 Å². The minimum absolute atomic E-state index is 0.276. The summed E-state index contributed by atoms with van der Waals surface area (Å²) in [4.78, 5) is 13.2. The molecular formula is C13H13BrF3NO. The second-order valence-corrected chi connectivity index (χ2v) is 5.62. The van der Waals surface area contributed by atoms with Crippen LogP contribution in [0, 0.1) is 6.92 Å². The fourth-order valence-corrected chi connectivity index (χ4v) is 2.32. The molecule has 1 aliphatic carbocycles. The fraction of sp³-hybridized carbons (Fsp3) is 0.462. The Labute approximate surface area is 117 Å². The van der Waals surface area contributed by atoms with Crippen molar-refractivity contribution in [3.63, 3.8) is 0 Å². The molecule has 0 radical (unpaired) electrons. The van der Waals surface area contributed by atoms with Crippen LogP contribution in [0.5, 0.6) is 0 Å². The van der Waals surface area contributed by atoms with Crippen molar-refractivity contribution in [3.05, 3.63) is 33.8 Å². The van der Waals surface area contributed by atoms with E-state index in [1.54, 1.807) is 25.1 Å². The lowest BCUT2D eigenvalue weighted by Crippen LogP contribution is -2.40. The first kappa shape index (κ1) is 14.4. The zero-order valence-electron chi connectivity index (χ0n) is 10.3. The van der Waals surface area contributed by atoms with Gasteiger partial charge in [-0.05, 0) is 47.8 Å². The maximum Gasteiger partial charge on any atom is 0.406 e. The van der Waals surface area contributed by atoms with Gasteiger partial charge in [0.1, 0.15) is 6.54 Å². The molecule has 0 aliphatic heterocycles. The molecule has 0 N–H and O–H groups in total. The van der Waals surface area contributed by atoms with Gasteiger partial charge in [-0.1, -0.05) is 11.6 Å². The second-order valence-electron chi connectivity index (χ2n) is 4.76. The SMILES string of the molecule is Cc1ccc(Br)c(C(=O)N(CC(F)(F)F)C2CC2)c1. The van der Waals surface area contributed by atoms with Crippen LogP contribution in [-0.2, 0) is 0 Å². The van der Waals surface area contributed by atoms with E-state index < -0.39 is 18.6 Å². The van der Waals surface area contributed by atoms with Gasteiger partial charge >= 0.3 is 6.18 Å². The van der Waals surface area contributed by atoms with Gasteiger partial charge in [-0.15, -0.1) is 0 Å². The van der Waals surface area contributed by atoms with Gasteiger partial charge < -0.3 is 4.90 Å². The van der Waals surface area contributed by atoms with Crippen LogP contribution in [0.25, 0.3) is 0 Å². The lowest BCUT2D eigenvalue weighted by atomic mass is 10.1. The highest BCUT2D eigenvalue weighted by Crippen LogP contribution is 2.32. The predicted molar refractivity (Wildman–Crippen MR) is 69.0 cm³/mol. The average molecular weight is 336 g/mol. The molecule has 0 bridgehead atoms. The van der Waals surface area contributed by atoms with E-state index in [1.165, 1.54) is 0 Å². The number of aryl methyl sites for hydroxylation is 1. The molecule has 0 saturated heterocycles. The molecule has 1 aromatic rings. The zero-order chi connectivity index (χ0) is 14.2. The van der Waals surface area contributed by atoms with E-state index >= 15 is 0 Å². The minimum Gasteiger partial charge on any atom is -0.327 e. The first-order valence-corrected chi connectivity index (χ1v) is 6.71. The third-order valence-electron chi connectivity index (χ3n) is 2.95. The van der Waals surface area contributed by atoms with E-state index in [9.17, 15) is 18.0 Å². The number of nitrogens with zero attached hydrogens (tertiary/aromatic N) is 1. The van der Waals surface area contributed by atoms with Crippen molar-refractivity contribution in [2.45, 2.75) is 32.0 Å². The summed E-state index contributed by atoms with van der Waals surface area (Å²) < 4.78 is 38.2. The molecular weight excluding hydrogens is 323 g/mol. The van der Waals surface area contributed by atoms with Gasteiger partial charge in [0.15, 0.2) is 0 Å².